The van der Waals surface area contributed by atoms with Crippen LogP contribution in [0.15, 0.2) is 48.5 Å². The van der Waals surface area contributed by atoms with Gasteiger partial charge in [0.15, 0.2) is 6.10 Å². The molecular weight excluding hydrogens is 292 g/mol. The molecule has 1 unspecified atom stereocenters. The minimum Gasteiger partial charge on any atom is -0.481 e. The van der Waals surface area contributed by atoms with Gasteiger partial charge < -0.3 is 15.8 Å². The highest BCUT2D eigenvalue weighted by atomic mass is 16.5. The number of carbonyl (C=O) groups excluding carboxylic acids is 2. The number of primary amides is 1. The molecule has 0 aromatic heterocycles. The first kappa shape index (κ1) is 16.5. The van der Waals surface area contributed by atoms with E-state index in [0.29, 0.717) is 11.4 Å². The van der Waals surface area contributed by atoms with Gasteiger partial charge in [0.2, 0.25) is 0 Å². The Bertz CT molecular complexity index is 696. The molecule has 5 heteroatoms. The van der Waals surface area contributed by atoms with Crippen molar-refractivity contribution < 1.29 is 14.3 Å². The molecule has 2 rings (SSSR count). The van der Waals surface area contributed by atoms with Crippen LogP contribution in [0.2, 0.25) is 0 Å². The molecule has 0 aliphatic heterocycles. The summed E-state index contributed by atoms with van der Waals surface area (Å²) in [5, 5.41) is 2.67. The lowest BCUT2D eigenvalue weighted by molar-refractivity contribution is -0.122. The van der Waals surface area contributed by atoms with Crippen molar-refractivity contribution in [1.29, 1.82) is 0 Å². The normalized spacial score (nSPS) is 11.6. The summed E-state index contributed by atoms with van der Waals surface area (Å²) in [6.45, 7) is 3.72. The zero-order valence-electron chi connectivity index (χ0n) is 13.2. The molecule has 0 radical (unpaired) electrons. The third kappa shape index (κ3) is 4.32. The Hall–Kier alpha value is -2.82. The van der Waals surface area contributed by atoms with Gasteiger partial charge in [-0.25, -0.2) is 0 Å². The summed E-state index contributed by atoms with van der Waals surface area (Å²) in [4.78, 5) is 23.6. The standard InChI is InChI=1S/C18H20N2O3/c1-3-13-8-10-14(11-9-13)23-12(2)18(22)20-16-7-5-4-6-15(16)17(19)21/h4-12H,3H2,1-2H3,(H2,19,21)(H,20,22). The van der Waals surface area contributed by atoms with Crippen molar-refractivity contribution in [3.8, 4) is 5.75 Å². The summed E-state index contributed by atoms with van der Waals surface area (Å²) in [5.74, 6) is -0.323. The van der Waals surface area contributed by atoms with E-state index in [1.54, 1.807) is 31.2 Å². The second-order valence-electron chi connectivity index (χ2n) is 5.16. The van der Waals surface area contributed by atoms with Gasteiger partial charge in [-0.1, -0.05) is 31.2 Å². The summed E-state index contributed by atoms with van der Waals surface area (Å²) in [6, 6.07) is 14.2. The maximum atomic E-state index is 12.2. The molecule has 2 amide bonds. The first-order valence-corrected chi connectivity index (χ1v) is 7.46. The molecule has 0 fully saturated rings. The smallest absolute Gasteiger partial charge is 0.265 e. The van der Waals surface area contributed by atoms with E-state index < -0.39 is 12.0 Å². The molecule has 120 valence electrons. The number of nitrogens with one attached hydrogen (secondary N) is 1. The van der Waals surface area contributed by atoms with Crippen molar-refractivity contribution in [1.82, 2.24) is 0 Å². The number of anilines is 1. The highest BCUT2D eigenvalue weighted by molar-refractivity contribution is 6.03. The van der Waals surface area contributed by atoms with Crippen molar-refractivity contribution in [3.63, 3.8) is 0 Å². The van der Waals surface area contributed by atoms with Crippen LogP contribution in [0, 0.1) is 0 Å². The van der Waals surface area contributed by atoms with Gasteiger partial charge in [-0.2, -0.15) is 0 Å². The summed E-state index contributed by atoms with van der Waals surface area (Å²) >= 11 is 0. The number of hydrogen-bond acceptors (Lipinski definition) is 3. The summed E-state index contributed by atoms with van der Waals surface area (Å²) < 4.78 is 5.62. The predicted molar refractivity (Wildman–Crippen MR) is 89.5 cm³/mol. The largest absolute Gasteiger partial charge is 0.481 e. The highest BCUT2D eigenvalue weighted by Gasteiger charge is 2.17. The molecule has 0 bridgehead atoms. The van der Waals surface area contributed by atoms with E-state index in [1.807, 2.05) is 24.3 Å². The predicted octanol–water partition coefficient (Wildman–Crippen LogP) is 2.75. The molecule has 0 spiro atoms. The van der Waals surface area contributed by atoms with Crippen LogP contribution in [0.4, 0.5) is 5.69 Å². The van der Waals surface area contributed by atoms with Crippen LogP contribution in [0.1, 0.15) is 29.8 Å². The Kier molecular flexibility index (Phi) is 5.36. The van der Waals surface area contributed by atoms with Crippen molar-refractivity contribution >= 4 is 17.5 Å². The second kappa shape index (κ2) is 7.45. The molecule has 1 atom stereocenters. The number of nitrogens with two attached hydrogens (primary N) is 1. The lowest BCUT2D eigenvalue weighted by atomic mass is 10.1. The number of amides is 2. The van der Waals surface area contributed by atoms with E-state index >= 15 is 0 Å². The van der Waals surface area contributed by atoms with Crippen molar-refractivity contribution in [3.05, 3.63) is 59.7 Å². The average Bonchev–Trinajstić information content (AvgIpc) is 2.55. The van der Waals surface area contributed by atoms with E-state index in [4.69, 9.17) is 10.5 Å². The van der Waals surface area contributed by atoms with Crippen LogP contribution in [0.3, 0.4) is 0 Å². The highest BCUT2D eigenvalue weighted by Crippen LogP contribution is 2.17. The fourth-order valence-corrected chi connectivity index (χ4v) is 2.10. The average molecular weight is 312 g/mol. The minimum absolute atomic E-state index is 0.264. The van der Waals surface area contributed by atoms with Crippen LogP contribution in [0.5, 0.6) is 5.75 Å². The van der Waals surface area contributed by atoms with E-state index in [9.17, 15) is 9.59 Å². The number of carbonyl (C=O) groups is 2. The molecule has 3 N–H and O–H groups in total. The van der Waals surface area contributed by atoms with Gasteiger partial charge >= 0.3 is 0 Å². The number of para-hydroxylation sites is 1. The Morgan fingerprint density at radius 2 is 1.78 bits per heavy atom. The third-order valence-corrected chi connectivity index (χ3v) is 3.46. The lowest BCUT2D eigenvalue weighted by Crippen LogP contribution is -2.31. The SMILES string of the molecule is CCc1ccc(OC(C)C(=O)Nc2ccccc2C(N)=O)cc1. The van der Waals surface area contributed by atoms with Gasteiger partial charge in [0.25, 0.3) is 11.8 Å². The molecule has 0 aliphatic carbocycles. The van der Waals surface area contributed by atoms with Gasteiger partial charge in [-0.05, 0) is 43.2 Å². The fraction of sp³-hybridized carbons (Fsp3) is 0.222. The van der Waals surface area contributed by atoms with E-state index in [1.165, 1.54) is 5.56 Å². The summed E-state index contributed by atoms with van der Waals surface area (Å²) in [5.41, 5.74) is 7.14. The summed E-state index contributed by atoms with van der Waals surface area (Å²) in [6.07, 6.45) is 0.239. The minimum atomic E-state index is -0.705. The second-order valence-corrected chi connectivity index (χ2v) is 5.16. The Morgan fingerprint density at radius 3 is 2.39 bits per heavy atom. The molecule has 0 saturated heterocycles. The Labute approximate surface area is 135 Å². The lowest BCUT2D eigenvalue weighted by Gasteiger charge is -2.16. The van der Waals surface area contributed by atoms with Crippen molar-refractivity contribution in [2.24, 2.45) is 5.73 Å². The van der Waals surface area contributed by atoms with E-state index in [0.717, 1.165) is 6.42 Å². The number of rotatable bonds is 6. The van der Waals surface area contributed by atoms with Gasteiger partial charge in [-0.15, -0.1) is 0 Å². The van der Waals surface area contributed by atoms with E-state index in [-0.39, 0.29) is 11.5 Å². The number of aryl methyl sites for hydroxylation is 1. The van der Waals surface area contributed by atoms with Crippen molar-refractivity contribution in [2.45, 2.75) is 26.4 Å². The van der Waals surface area contributed by atoms with Gasteiger partial charge in [0.1, 0.15) is 5.75 Å². The van der Waals surface area contributed by atoms with Crippen molar-refractivity contribution in [2.75, 3.05) is 5.32 Å². The first-order chi connectivity index (χ1) is 11.0. The number of benzene rings is 2. The zero-order chi connectivity index (χ0) is 16.8. The van der Waals surface area contributed by atoms with Crippen LogP contribution in [-0.2, 0) is 11.2 Å². The molecule has 23 heavy (non-hydrogen) atoms. The number of ether oxygens (including phenoxy) is 1. The Balaban J connectivity index is 2.04. The molecule has 0 aliphatic rings. The molecule has 0 heterocycles. The van der Waals surface area contributed by atoms with Crippen LogP contribution >= 0.6 is 0 Å². The quantitative estimate of drug-likeness (QED) is 0.860. The zero-order valence-corrected chi connectivity index (χ0v) is 13.2. The maximum Gasteiger partial charge on any atom is 0.265 e. The number of hydrogen-bond donors (Lipinski definition) is 2. The Morgan fingerprint density at radius 1 is 1.13 bits per heavy atom. The molecule has 5 nitrogen and oxygen atoms in total. The molecule has 2 aromatic rings. The van der Waals surface area contributed by atoms with Crippen LogP contribution < -0.4 is 15.8 Å². The topological polar surface area (TPSA) is 81.4 Å². The van der Waals surface area contributed by atoms with E-state index in [2.05, 4.69) is 12.2 Å². The fourth-order valence-electron chi connectivity index (χ4n) is 2.10. The van der Waals surface area contributed by atoms with Crippen LogP contribution in [0.25, 0.3) is 0 Å². The molecule has 0 saturated carbocycles. The van der Waals surface area contributed by atoms with Gasteiger partial charge in [-0.3, -0.25) is 9.59 Å². The maximum absolute atomic E-state index is 12.2. The summed E-state index contributed by atoms with van der Waals surface area (Å²) in [7, 11) is 0. The monoisotopic (exact) mass is 312 g/mol. The molecular formula is C18H20N2O3. The van der Waals surface area contributed by atoms with Gasteiger partial charge in [0, 0.05) is 0 Å². The first-order valence-electron chi connectivity index (χ1n) is 7.46. The molecule has 2 aromatic carbocycles. The third-order valence-electron chi connectivity index (χ3n) is 3.46. The van der Waals surface area contributed by atoms with Crippen LogP contribution in [-0.4, -0.2) is 17.9 Å². The van der Waals surface area contributed by atoms with Gasteiger partial charge in [0.05, 0.1) is 11.3 Å².